The Bertz CT molecular complexity index is 812. The highest BCUT2D eigenvalue weighted by Crippen LogP contribution is 2.40. The number of thioether (sulfide) groups is 1. The van der Waals surface area contributed by atoms with Gasteiger partial charge in [-0.1, -0.05) is 19.1 Å². The van der Waals surface area contributed by atoms with Gasteiger partial charge in [0.05, 0.1) is 23.9 Å². The van der Waals surface area contributed by atoms with Crippen LogP contribution in [-0.4, -0.2) is 31.4 Å². The largest absolute Gasteiger partial charge is 0.493 e. The van der Waals surface area contributed by atoms with Gasteiger partial charge in [0, 0.05) is 22.3 Å². The van der Waals surface area contributed by atoms with E-state index in [1.54, 1.807) is 19.2 Å². The number of hydrogen-bond donors (Lipinski definition) is 0. The number of methoxy groups -OCH3 is 1. The summed E-state index contributed by atoms with van der Waals surface area (Å²) in [5.74, 6) is 1.14. The third-order valence-corrected chi connectivity index (χ3v) is 6.08. The van der Waals surface area contributed by atoms with E-state index in [0.29, 0.717) is 39.9 Å². The first-order chi connectivity index (χ1) is 12.5. The number of benzene rings is 2. The van der Waals surface area contributed by atoms with E-state index in [-0.39, 0.29) is 5.91 Å². The Kier molecular flexibility index (Phi) is 6.14. The first kappa shape index (κ1) is 19.1. The highest BCUT2D eigenvalue weighted by atomic mass is 79.9. The second-order valence-electron chi connectivity index (χ2n) is 6.06. The van der Waals surface area contributed by atoms with Crippen LogP contribution in [0.2, 0.25) is 0 Å². The van der Waals surface area contributed by atoms with Crippen LogP contribution in [0.1, 0.15) is 30.6 Å². The van der Waals surface area contributed by atoms with E-state index in [1.807, 2.05) is 41.8 Å². The summed E-state index contributed by atoms with van der Waals surface area (Å²) in [7, 11) is 1.58. The number of fused-ring (bicyclic) bond motifs is 1. The molecule has 138 valence electrons. The third kappa shape index (κ3) is 3.86. The van der Waals surface area contributed by atoms with Crippen molar-refractivity contribution in [2.75, 3.05) is 25.2 Å². The second-order valence-corrected chi connectivity index (χ2v) is 8.40. The second kappa shape index (κ2) is 8.35. The average molecular weight is 436 g/mol. The van der Waals surface area contributed by atoms with Gasteiger partial charge in [-0.25, -0.2) is 0 Å². The highest BCUT2D eigenvalue weighted by Gasteiger charge is 2.26. The van der Waals surface area contributed by atoms with E-state index in [1.165, 1.54) is 0 Å². The third-order valence-electron chi connectivity index (χ3n) is 4.25. The first-order valence-corrected chi connectivity index (χ1v) is 10.3. The predicted octanol–water partition coefficient (Wildman–Crippen LogP) is 5.39. The van der Waals surface area contributed by atoms with Crippen molar-refractivity contribution in [2.45, 2.75) is 30.4 Å². The molecule has 2 aromatic carbocycles. The molecule has 0 N–H and O–H groups in total. The van der Waals surface area contributed by atoms with Gasteiger partial charge in [0.15, 0.2) is 11.5 Å². The molecule has 1 aliphatic heterocycles. The lowest BCUT2D eigenvalue weighted by molar-refractivity contribution is 0.0986. The van der Waals surface area contributed by atoms with Gasteiger partial charge in [0.1, 0.15) is 0 Å². The summed E-state index contributed by atoms with van der Waals surface area (Å²) in [6.45, 7) is 5.33. The number of carbonyl (C=O) groups is 1. The molecule has 0 aromatic heterocycles. The van der Waals surface area contributed by atoms with Crippen LogP contribution >= 0.6 is 27.7 Å². The Morgan fingerprint density at radius 1 is 1.35 bits per heavy atom. The van der Waals surface area contributed by atoms with Crippen molar-refractivity contribution in [3.63, 3.8) is 0 Å². The van der Waals surface area contributed by atoms with E-state index >= 15 is 0 Å². The molecule has 6 heteroatoms. The monoisotopic (exact) mass is 435 g/mol. The number of para-hydroxylation sites is 1. The maximum absolute atomic E-state index is 13.3. The summed E-state index contributed by atoms with van der Waals surface area (Å²) in [5, 5.41) is 0.468. The first-order valence-electron chi connectivity index (χ1n) is 8.63. The number of anilines is 1. The van der Waals surface area contributed by atoms with Crippen molar-refractivity contribution >= 4 is 39.3 Å². The number of ether oxygens (including phenoxy) is 2. The Balaban J connectivity index is 2.00. The normalized spacial score (nSPS) is 16.6. The average Bonchev–Trinajstić information content (AvgIpc) is 2.80. The van der Waals surface area contributed by atoms with Crippen molar-refractivity contribution in [1.29, 1.82) is 0 Å². The van der Waals surface area contributed by atoms with Gasteiger partial charge in [-0.05, 0) is 53.5 Å². The molecule has 4 nitrogen and oxygen atoms in total. The molecule has 1 heterocycles. The molecule has 0 fully saturated rings. The number of hydrogen-bond acceptors (Lipinski definition) is 4. The summed E-state index contributed by atoms with van der Waals surface area (Å²) in [5.41, 5.74) is 1.54. The summed E-state index contributed by atoms with van der Waals surface area (Å²) in [4.78, 5) is 16.3. The molecule has 1 amide bonds. The SMILES string of the molecule is CCOc1c(Br)cc(C(=O)N2CC[C@H](C)Sc3ccccc32)cc1OC. The lowest BCUT2D eigenvalue weighted by Gasteiger charge is -2.23. The van der Waals surface area contributed by atoms with E-state index in [2.05, 4.69) is 28.9 Å². The van der Waals surface area contributed by atoms with Crippen molar-refractivity contribution in [1.82, 2.24) is 0 Å². The Morgan fingerprint density at radius 2 is 2.12 bits per heavy atom. The van der Waals surface area contributed by atoms with Gasteiger partial charge in [0.25, 0.3) is 5.91 Å². The van der Waals surface area contributed by atoms with Gasteiger partial charge in [-0.2, -0.15) is 0 Å². The smallest absolute Gasteiger partial charge is 0.258 e. The van der Waals surface area contributed by atoms with Gasteiger partial charge >= 0.3 is 0 Å². The van der Waals surface area contributed by atoms with Crippen LogP contribution in [0.4, 0.5) is 5.69 Å². The fourth-order valence-corrected chi connectivity index (χ4v) is 4.65. The maximum Gasteiger partial charge on any atom is 0.258 e. The summed E-state index contributed by atoms with van der Waals surface area (Å²) >= 11 is 5.33. The zero-order chi connectivity index (χ0) is 18.7. The molecule has 0 saturated carbocycles. The molecule has 0 aliphatic carbocycles. The molecule has 3 rings (SSSR count). The highest BCUT2D eigenvalue weighted by molar-refractivity contribution is 9.10. The zero-order valence-electron chi connectivity index (χ0n) is 15.1. The molecule has 0 radical (unpaired) electrons. The number of rotatable bonds is 4. The van der Waals surface area contributed by atoms with E-state index in [9.17, 15) is 4.79 Å². The maximum atomic E-state index is 13.3. The van der Waals surface area contributed by atoms with Crippen LogP contribution < -0.4 is 14.4 Å². The fraction of sp³-hybridized carbons (Fsp3) is 0.350. The standard InChI is InChI=1S/C20H22BrNO3S/c1-4-25-19-15(21)11-14(12-17(19)24-3)20(23)22-10-9-13(2)26-18-8-6-5-7-16(18)22/h5-8,11-13H,4,9-10H2,1-3H3/t13-/m0/s1. The Labute approximate surface area is 167 Å². The summed E-state index contributed by atoms with van der Waals surface area (Å²) in [6, 6.07) is 11.6. The van der Waals surface area contributed by atoms with Gasteiger partial charge in [-0.3, -0.25) is 4.79 Å². The van der Waals surface area contributed by atoms with Crippen molar-refractivity contribution in [2.24, 2.45) is 0 Å². The molecule has 26 heavy (non-hydrogen) atoms. The predicted molar refractivity (Wildman–Crippen MR) is 110 cm³/mol. The minimum absolute atomic E-state index is 0.0331. The molecule has 1 atom stereocenters. The fourth-order valence-electron chi connectivity index (χ4n) is 2.98. The Hall–Kier alpha value is -1.66. The van der Waals surface area contributed by atoms with Crippen molar-refractivity contribution < 1.29 is 14.3 Å². The lowest BCUT2D eigenvalue weighted by Crippen LogP contribution is -2.32. The van der Waals surface area contributed by atoms with Gasteiger partial charge in [0.2, 0.25) is 0 Å². The number of amides is 1. The van der Waals surface area contributed by atoms with Crippen molar-refractivity contribution in [3.05, 3.63) is 46.4 Å². The van der Waals surface area contributed by atoms with Gasteiger partial charge in [-0.15, -0.1) is 11.8 Å². The number of carbonyl (C=O) groups excluding carboxylic acids is 1. The summed E-state index contributed by atoms with van der Waals surface area (Å²) < 4.78 is 11.8. The molecule has 0 unspecified atom stereocenters. The minimum atomic E-state index is -0.0331. The Morgan fingerprint density at radius 3 is 2.85 bits per heavy atom. The van der Waals surface area contributed by atoms with E-state index < -0.39 is 0 Å². The number of nitrogens with zero attached hydrogens (tertiary/aromatic N) is 1. The van der Waals surface area contributed by atoms with Crippen LogP contribution in [-0.2, 0) is 0 Å². The molecular weight excluding hydrogens is 414 g/mol. The molecule has 2 aromatic rings. The van der Waals surface area contributed by atoms with E-state index in [0.717, 1.165) is 17.0 Å². The van der Waals surface area contributed by atoms with Crippen LogP contribution in [0.5, 0.6) is 11.5 Å². The molecule has 0 bridgehead atoms. The van der Waals surface area contributed by atoms with Gasteiger partial charge < -0.3 is 14.4 Å². The molecule has 0 spiro atoms. The van der Waals surface area contributed by atoms with E-state index in [4.69, 9.17) is 9.47 Å². The minimum Gasteiger partial charge on any atom is -0.493 e. The number of halogens is 1. The quantitative estimate of drug-likeness (QED) is 0.645. The lowest BCUT2D eigenvalue weighted by atomic mass is 10.1. The molecule has 0 saturated heterocycles. The molecule has 1 aliphatic rings. The van der Waals surface area contributed by atoms with Crippen LogP contribution in [0.25, 0.3) is 0 Å². The zero-order valence-corrected chi connectivity index (χ0v) is 17.5. The molecular formula is C20H22BrNO3S. The summed E-state index contributed by atoms with van der Waals surface area (Å²) in [6.07, 6.45) is 0.945. The topological polar surface area (TPSA) is 38.8 Å². The van der Waals surface area contributed by atoms with Crippen molar-refractivity contribution in [3.8, 4) is 11.5 Å². The van der Waals surface area contributed by atoms with Crippen LogP contribution in [0.15, 0.2) is 45.8 Å². The van der Waals surface area contributed by atoms with Crippen LogP contribution in [0.3, 0.4) is 0 Å². The van der Waals surface area contributed by atoms with Crippen LogP contribution in [0, 0.1) is 0 Å².